The standard InChI is InChI=1S/C16H28N4O/c1-4-8-17-15-10-16(20-14(6-3)19-15)18-11-12-7-9-21-13(12)5-2/h10,12-13H,4-9,11H2,1-3H3,(H2,17,18,19,20). The van der Waals surface area contributed by atoms with Crippen LogP contribution in [0.25, 0.3) is 0 Å². The summed E-state index contributed by atoms with van der Waals surface area (Å²) in [5.74, 6) is 3.30. The fourth-order valence-electron chi connectivity index (χ4n) is 2.70. The smallest absolute Gasteiger partial charge is 0.132 e. The summed E-state index contributed by atoms with van der Waals surface area (Å²) in [7, 11) is 0. The lowest BCUT2D eigenvalue weighted by Crippen LogP contribution is -2.23. The van der Waals surface area contributed by atoms with E-state index in [1.807, 2.05) is 6.07 Å². The molecule has 2 rings (SSSR count). The summed E-state index contributed by atoms with van der Waals surface area (Å²) in [6.45, 7) is 9.17. The van der Waals surface area contributed by atoms with Crippen LogP contribution in [-0.2, 0) is 11.2 Å². The van der Waals surface area contributed by atoms with Gasteiger partial charge in [0.25, 0.3) is 0 Å². The Morgan fingerprint density at radius 2 is 1.95 bits per heavy atom. The highest BCUT2D eigenvalue weighted by molar-refractivity contribution is 5.47. The van der Waals surface area contributed by atoms with Crippen LogP contribution in [0.3, 0.4) is 0 Å². The van der Waals surface area contributed by atoms with E-state index in [0.717, 1.165) is 62.8 Å². The summed E-state index contributed by atoms with van der Waals surface area (Å²) in [6, 6.07) is 2.01. The molecule has 0 radical (unpaired) electrons. The van der Waals surface area contributed by atoms with Gasteiger partial charge in [-0.1, -0.05) is 20.8 Å². The van der Waals surface area contributed by atoms with Crippen molar-refractivity contribution in [3.8, 4) is 0 Å². The highest BCUT2D eigenvalue weighted by Gasteiger charge is 2.26. The van der Waals surface area contributed by atoms with Crippen molar-refractivity contribution < 1.29 is 4.74 Å². The number of ether oxygens (including phenoxy) is 1. The SMILES string of the molecule is CCCNc1cc(NCC2CCOC2CC)nc(CC)n1. The normalized spacial score (nSPS) is 21.5. The lowest BCUT2D eigenvalue weighted by Gasteiger charge is -2.18. The Balaban J connectivity index is 1.97. The second-order valence-corrected chi connectivity index (χ2v) is 5.58. The molecule has 5 nitrogen and oxygen atoms in total. The van der Waals surface area contributed by atoms with Gasteiger partial charge in [0.05, 0.1) is 6.10 Å². The second-order valence-electron chi connectivity index (χ2n) is 5.58. The first-order valence-corrected chi connectivity index (χ1v) is 8.24. The number of rotatable bonds is 8. The third-order valence-electron chi connectivity index (χ3n) is 3.94. The predicted molar refractivity (Wildman–Crippen MR) is 86.8 cm³/mol. The van der Waals surface area contributed by atoms with Crippen LogP contribution < -0.4 is 10.6 Å². The van der Waals surface area contributed by atoms with E-state index in [9.17, 15) is 0 Å². The average Bonchev–Trinajstić information content (AvgIpc) is 2.98. The van der Waals surface area contributed by atoms with Crippen molar-refractivity contribution in [3.63, 3.8) is 0 Å². The molecular formula is C16H28N4O. The van der Waals surface area contributed by atoms with Gasteiger partial charge in [0.1, 0.15) is 17.5 Å². The van der Waals surface area contributed by atoms with Crippen molar-refractivity contribution in [1.82, 2.24) is 9.97 Å². The zero-order valence-electron chi connectivity index (χ0n) is 13.5. The lowest BCUT2D eigenvalue weighted by atomic mass is 10.00. The molecule has 1 saturated heterocycles. The minimum Gasteiger partial charge on any atom is -0.378 e. The van der Waals surface area contributed by atoms with Gasteiger partial charge in [0.2, 0.25) is 0 Å². The van der Waals surface area contributed by atoms with Crippen LogP contribution in [0.4, 0.5) is 11.6 Å². The summed E-state index contributed by atoms with van der Waals surface area (Å²) in [5, 5.41) is 6.81. The molecular weight excluding hydrogens is 264 g/mol. The molecule has 118 valence electrons. The molecule has 0 bridgehead atoms. The van der Waals surface area contributed by atoms with Gasteiger partial charge in [-0.3, -0.25) is 0 Å². The number of anilines is 2. The van der Waals surface area contributed by atoms with Gasteiger partial charge < -0.3 is 15.4 Å². The van der Waals surface area contributed by atoms with Crippen LogP contribution in [0.2, 0.25) is 0 Å². The van der Waals surface area contributed by atoms with E-state index in [4.69, 9.17) is 4.74 Å². The Kier molecular flexibility index (Phi) is 6.23. The molecule has 2 heterocycles. The Hall–Kier alpha value is -1.36. The zero-order chi connectivity index (χ0) is 15.1. The largest absolute Gasteiger partial charge is 0.378 e. The fourth-order valence-corrected chi connectivity index (χ4v) is 2.70. The minimum absolute atomic E-state index is 0.391. The molecule has 1 fully saturated rings. The molecule has 0 aliphatic carbocycles. The number of hydrogen-bond donors (Lipinski definition) is 2. The number of hydrogen-bond acceptors (Lipinski definition) is 5. The van der Waals surface area contributed by atoms with E-state index in [0.29, 0.717) is 12.0 Å². The summed E-state index contributed by atoms with van der Waals surface area (Å²) in [6.07, 6.45) is 4.55. The Labute approximate surface area is 127 Å². The second kappa shape index (κ2) is 8.17. The molecule has 0 aromatic carbocycles. The summed E-state index contributed by atoms with van der Waals surface area (Å²) in [5.41, 5.74) is 0. The molecule has 1 aromatic rings. The van der Waals surface area contributed by atoms with Crippen molar-refractivity contribution in [2.24, 2.45) is 5.92 Å². The topological polar surface area (TPSA) is 59.1 Å². The van der Waals surface area contributed by atoms with Crippen molar-refractivity contribution in [2.45, 2.75) is 52.6 Å². The zero-order valence-corrected chi connectivity index (χ0v) is 13.5. The molecule has 1 aliphatic heterocycles. The fraction of sp³-hybridized carbons (Fsp3) is 0.750. The van der Waals surface area contributed by atoms with Crippen LogP contribution in [0.15, 0.2) is 6.07 Å². The molecule has 0 spiro atoms. The van der Waals surface area contributed by atoms with Crippen LogP contribution >= 0.6 is 0 Å². The predicted octanol–water partition coefficient (Wildman–Crippen LogP) is 3.09. The Bertz CT molecular complexity index is 438. The van der Waals surface area contributed by atoms with Gasteiger partial charge in [-0.15, -0.1) is 0 Å². The van der Waals surface area contributed by atoms with Crippen LogP contribution in [-0.4, -0.2) is 35.8 Å². The highest BCUT2D eigenvalue weighted by atomic mass is 16.5. The van der Waals surface area contributed by atoms with Gasteiger partial charge >= 0.3 is 0 Å². The maximum Gasteiger partial charge on any atom is 0.132 e. The third-order valence-corrected chi connectivity index (χ3v) is 3.94. The van der Waals surface area contributed by atoms with Crippen molar-refractivity contribution in [3.05, 3.63) is 11.9 Å². The maximum atomic E-state index is 5.74. The van der Waals surface area contributed by atoms with Crippen LogP contribution in [0, 0.1) is 5.92 Å². The molecule has 21 heavy (non-hydrogen) atoms. The monoisotopic (exact) mass is 292 g/mol. The molecule has 2 atom stereocenters. The first-order valence-electron chi connectivity index (χ1n) is 8.24. The molecule has 0 amide bonds. The summed E-state index contributed by atoms with van der Waals surface area (Å²) < 4.78 is 5.74. The van der Waals surface area contributed by atoms with E-state index in [2.05, 4.69) is 41.4 Å². The van der Waals surface area contributed by atoms with E-state index in [-0.39, 0.29) is 0 Å². The van der Waals surface area contributed by atoms with Gasteiger partial charge in [-0.2, -0.15) is 0 Å². The summed E-state index contributed by atoms with van der Waals surface area (Å²) >= 11 is 0. The first kappa shape index (κ1) is 16.0. The van der Waals surface area contributed by atoms with E-state index >= 15 is 0 Å². The molecule has 1 aliphatic rings. The molecule has 5 heteroatoms. The number of nitrogens with zero attached hydrogens (tertiary/aromatic N) is 2. The van der Waals surface area contributed by atoms with Crippen LogP contribution in [0.1, 0.15) is 45.9 Å². The maximum absolute atomic E-state index is 5.74. The van der Waals surface area contributed by atoms with E-state index in [1.165, 1.54) is 0 Å². The minimum atomic E-state index is 0.391. The van der Waals surface area contributed by atoms with E-state index < -0.39 is 0 Å². The number of aromatic nitrogens is 2. The lowest BCUT2D eigenvalue weighted by molar-refractivity contribution is 0.0900. The quantitative estimate of drug-likeness (QED) is 0.771. The van der Waals surface area contributed by atoms with Gasteiger partial charge in [0.15, 0.2) is 0 Å². The van der Waals surface area contributed by atoms with Gasteiger partial charge in [-0.25, -0.2) is 9.97 Å². The van der Waals surface area contributed by atoms with Crippen molar-refractivity contribution >= 4 is 11.6 Å². The average molecular weight is 292 g/mol. The van der Waals surface area contributed by atoms with Crippen molar-refractivity contribution in [2.75, 3.05) is 30.3 Å². The number of nitrogens with one attached hydrogen (secondary N) is 2. The molecule has 2 N–H and O–H groups in total. The van der Waals surface area contributed by atoms with E-state index in [1.54, 1.807) is 0 Å². The Morgan fingerprint density at radius 3 is 2.62 bits per heavy atom. The number of aryl methyl sites for hydroxylation is 1. The highest BCUT2D eigenvalue weighted by Crippen LogP contribution is 2.24. The van der Waals surface area contributed by atoms with Crippen molar-refractivity contribution in [1.29, 1.82) is 0 Å². The van der Waals surface area contributed by atoms with Gasteiger partial charge in [-0.05, 0) is 19.3 Å². The molecule has 2 unspecified atom stereocenters. The van der Waals surface area contributed by atoms with Crippen LogP contribution in [0.5, 0.6) is 0 Å². The first-order chi connectivity index (χ1) is 10.3. The Morgan fingerprint density at radius 1 is 1.19 bits per heavy atom. The molecule has 1 aromatic heterocycles. The molecule has 0 saturated carbocycles. The van der Waals surface area contributed by atoms with Gasteiger partial charge in [0, 0.05) is 38.1 Å². The third kappa shape index (κ3) is 4.56. The summed E-state index contributed by atoms with van der Waals surface area (Å²) in [4.78, 5) is 9.08.